The monoisotopic (exact) mass is 340 g/mol. The Morgan fingerprint density at radius 2 is 1.76 bits per heavy atom. The van der Waals surface area contributed by atoms with Crippen LogP contribution >= 0.6 is 0 Å². The van der Waals surface area contributed by atoms with Gasteiger partial charge in [0.25, 0.3) is 0 Å². The van der Waals surface area contributed by atoms with Crippen LogP contribution in [-0.4, -0.2) is 26.8 Å². The van der Waals surface area contributed by atoms with E-state index in [1.54, 1.807) is 43.5 Å². The average Bonchev–Trinajstić information content (AvgIpc) is 2.62. The van der Waals surface area contributed by atoms with Crippen LogP contribution in [0.2, 0.25) is 0 Å². The summed E-state index contributed by atoms with van der Waals surface area (Å²) in [6, 6.07) is 11.8. The van der Waals surface area contributed by atoms with Crippen molar-refractivity contribution in [1.29, 1.82) is 0 Å². The third-order valence-electron chi connectivity index (χ3n) is 3.64. The van der Waals surface area contributed by atoms with Gasteiger partial charge < -0.3 is 18.6 Å². The van der Waals surface area contributed by atoms with E-state index >= 15 is 0 Å². The van der Waals surface area contributed by atoms with Gasteiger partial charge in [0.2, 0.25) is 0 Å². The van der Waals surface area contributed by atoms with Crippen LogP contribution in [0.5, 0.6) is 11.5 Å². The van der Waals surface area contributed by atoms with Gasteiger partial charge in [0.1, 0.15) is 30.0 Å². The van der Waals surface area contributed by atoms with Gasteiger partial charge in [-0.05, 0) is 29.8 Å². The van der Waals surface area contributed by atoms with Gasteiger partial charge in [0.05, 0.1) is 18.1 Å². The molecular weight excluding hydrogens is 324 g/mol. The third-order valence-corrected chi connectivity index (χ3v) is 3.64. The van der Waals surface area contributed by atoms with Crippen LogP contribution in [0.1, 0.15) is 0 Å². The van der Waals surface area contributed by atoms with Crippen molar-refractivity contribution in [3.8, 4) is 22.6 Å². The SMILES string of the molecule is COCC(=O)Oc1ccc2c(=O)c(-c3ccc(OC)cc3)coc2c1. The van der Waals surface area contributed by atoms with Crippen molar-refractivity contribution in [2.75, 3.05) is 20.8 Å². The van der Waals surface area contributed by atoms with E-state index in [-0.39, 0.29) is 17.8 Å². The first-order chi connectivity index (χ1) is 12.1. The molecule has 1 heterocycles. The molecule has 0 atom stereocenters. The van der Waals surface area contributed by atoms with Crippen molar-refractivity contribution in [2.24, 2.45) is 0 Å². The number of carbonyl (C=O) groups is 1. The Bertz CT molecular complexity index is 956. The van der Waals surface area contributed by atoms with Crippen molar-refractivity contribution in [1.82, 2.24) is 0 Å². The van der Waals surface area contributed by atoms with Crippen LogP contribution in [0.4, 0.5) is 0 Å². The predicted molar refractivity (Wildman–Crippen MR) is 92.0 cm³/mol. The second-order valence-corrected chi connectivity index (χ2v) is 5.27. The van der Waals surface area contributed by atoms with Crippen LogP contribution < -0.4 is 14.9 Å². The van der Waals surface area contributed by atoms with Gasteiger partial charge in [-0.3, -0.25) is 4.79 Å². The maximum Gasteiger partial charge on any atom is 0.337 e. The second-order valence-electron chi connectivity index (χ2n) is 5.27. The molecule has 0 fully saturated rings. The molecule has 128 valence electrons. The standard InChI is InChI=1S/C19H16O6/c1-22-11-18(20)25-14-7-8-15-17(9-14)24-10-16(19(15)21)12-3-5-13(23-2)6-4-12/h3-10H,11H2,1-2H3. The van der Waals surface area contributed by atoms with Gasteiger partial charge in [-0.2, -0.15) is 0 Å². The number of rotatable bonds is 5. The van der Waals surface area contributed by atoms with E-state index in [2.05, 4.69) is 0 Å². The molecule has 0 N–H and O–H groups in total. The van der Waals surface area contributed by atoms with Crippen LogP contribution in [0.25, 0.3) is 22.1 Å². The Kier molecular flexibility index (Phi) is 4.81. The molecule has 1 aromatic heterocycles. The van der Waals surface area contributed by atoms with E-state index in [0.717, 1.165) is 5.56 Å². The summed E-state index contributed by atoms with van der Waals surface area (Å²) in [7, 11) is 2.98. The number of ether oxygens (including phenoxy) is 3. The van der Waals surface area contributed by atoms with Gasteiger partial charge in [-0.1, -0.05) is 12.1 Å². The van der Waals surface area contributed by atoms with Crippen LogP contribution in [0.3, 0.4) is 0 Å². The lowest BCUT2D eigenvalue weighted by Gasteiger charge is -2.06. The number of hydrogen-bond acceptors (Lipinski definition) is 6. The van der Waals surface area contributed by atoms with E-state index in [1.165, 1.54) is 19.4 Å². The average molecular weight is 340 g/mol. The highest BCUT2D eigenvalue weighted by Crippen LogP contribution is 2.24. The minimum absolute atomic E-state index is 0.154. The number of hydrogen-bond donors (Lipinski definition) is 0. The van der Waals surface area contributed by atoms with Gasteiger partial charge >= 0.3 is 5.97 Å². The third kappa shape index (κ3) is 3.54. The summed E-state index contributed by atoms with van der Waals surface area (Å²) < 4.78 is 20.5. The summed E-state index contributed by atoms with van der Waals surface area (Å²) >= 11 is 0. The summed E-state index contributed by atoms with van der Waals surface area (Å²) in [5.41, 5.74) is 1.34. The molecule has 2 aromatic carbocycles. The van der Waals surface area contributed by atoms with Crippen molar-refractivity contribution >= 4 is 16.9 Å². The summed E-state index contributed by atoms with van der Waals surface area (Å²) in [4.78, 5) is 24.2. The van der Waals surface area contributed by atoms with Crippen LogP contribution in [-0.2, 0) is 9.53 Å². The molecule has 6 heteroatoms. The van der Waals surface area contributed by atoms with E-state index < -0.39 is 5.97 Å². The summed E-state index contributed by atoms with van der Waals surface area (Å²) in [5.74, 6) is 0.463. The molecular formula is C19H16O6. The molecule has 0 saturated carbocycles. The van der Waals surface area contributed by atoms with E-state index in [0.29, 0.717) is 22.3 Å². The molecule has 0 radical (unpaired) electrons. The maximum absolute atomic E-state index is 12.7. The normalized spacial score (nSPS) is 10.6. The van der Waals surface area contributed by atoms with Crippen molar-refractivity contribution < 1.29 is 23.4 Å². The summed E-state index contributed by atoms with van der Waals surface area (Å²) in [5, 5.41) is 0.403. The van der Waals surface area contributed by atoms with Gasteiger partial charge in [-0.25, -0.2) is 4.79 Å². The van der Waals surface area contributed by atoms with Crippen LogP contribution in [0.15, 0.2) is 57.9 Å². The lowest BCUT2D eigenvalue weighted by atomic mass is 10.1. The Morgan fingerprint density at radius 1 is 1.04 bits per heavy atom. The Labute approximate surface area is 143 Å². The van der Waals surface area contributed by atoms with Crippen molar-refractivity contribution in [2.45, 2.75) is 0 Å². The zero-order valence-electron chi connectivity index (χ0n) is 13.8. The first-order valence-corrected chi connectivity index (χ1v) is 7.52. The highest BCUT2D eigenvalue weighted by atomic mass is 16.6. The predicted octanol–water partition coefficient (Wildman–Crippen LogP) is 3.02. The highest BCUT2D eigenvalue weighted by molar-refractivity contribution is 5.83. The molecule has 0 unspecified atom stereocenters. The van der Waals surface area contributed by atoms with Gasteiger partial charge in [-0.15, -0.1) is 0 Å². The van der Waals surface area contributed by atoms with E-state index in [9.17, 15) is 9.59 Å². The lowest BCUT2D eigenvalue weighted by molar-refractivity contribution is -0.138. The highest BCUT2D eigenvalue weighted by Gasteiger charge is 2.11. The quantitative estimate of drug-likeness (QED) is 0.525. The maximum atomic E-state index is 12.7. The van der Waals surface area contributed by atoms with E-state index in [1.807, 2.05) is 0 Å². The fraction of sp³-hybridized carbons (Fsp3) is 0.158. The summed E-state index contributed by atoms with van der Waals surface area (Å²) in [6.07, 6.45) is 1.40. The Morgan fingerprint density at radius 3 is 2.44 bits per heavy atom. The molecule has 25 heavy (non-hydrogen) atoms. The number of fused-ring (bicyclic) bond motifs is 1. The minimum Gasteiger partial charge on any atom is -0.497 e. The van der Waals surface area contributed by atoms with Crippen molar-refractivity contribution in [3.63, 3.8) is 0 Å². The smallest absolute Gasteiger partial charge is 0.337 e. The number of carbonyl (C=O) groups excluding carboxylic acids is 1. The molecule has 0 aliphatic carbocycles. The van der Waals surface area contributed by atoms with Gasteiger partial charge in [0, 0.05) is 13.2 Å². The molecule has 3 rings (SSSR count). The molecule has 0 spiro atoms. The minimum atomic E-state index is -0.529. The molecule has 0 saturated heterocycles. The zero-order chi connectivity index (χ0) is 17.8. The molecule has 3 aromatic rings. The summed E-state index contributed by atoms with van der Waals surface area (Å²) in [6.45, 7) is -0.154. The number of methoxy groups -OCH3 is 2. The lowest BCUT2D eigenvalue weighted by Crippen LogP contribution is -2.14. The molecule has 0 aliphatic rings. The van der Waals surface area contributed by atoms with Gasteiger partial charge in [0.15, 0.2) is 5.43 Å². The Hall–Kier alpha value is -3.12. The van der Waals surface area contributed by atoms with E-state index in [4.69, 9.17) is 18.6 Å². The molecule has 0 bridgehead atoms. The Balaban J connectivity index is 1.97. The molecule has 0 aliphatic heterocycles. The molecule has 6 nitrogen and oxygen atoms in total. The number of esters is 1. The molecule has 0 amide bonds. The van der Waals surface area contributed by atoms with Crippen molar-refractivity contribution in [3.05, 3.63) is 59.0 Å². The fourth-order valence-electron chi connectivity index (χ4n) is 2.42. The topological polar surface area (TPSA) is 75.0 Å². The van der Waals surface area contributed by atoms with Crippen LogP contribution in [0, 0.1) is 0 Å². The second kappa shape index (κ2) is 7.19. The largest absolute Gasteiger partial charge is 0.497 e. The number of benzene rings is 2. The first-order valence-electron chi connectivity index (χ1n) is 7.52. The zero-order valence-corrected chi connectivity index (χ0v) is 13.8. The first kappa shape index (κ1) is 16.7. The fourth-order valence-corrected chi connectivity index (χ4v) is 2.42.